The minimum absolute atomic E-state index is 0.172. The lowest BCUT2D eigenvalue weighted by atomic mass is 10.1. The first-order valence-corrected chi connectivity index (χ1v) is 6.77. The summed E-state index contributed by atoms with van der Waals surface area (Å²) in [6.07, 6.45) is 1.17. The number of nitrogens with zero attached hydrogens (tertiary/aromatic N) is 1. The van der Waals surface area contributed by atoms with Crippen LogP contribution in [0.5, 0.6) is 0 Å². The molecule has 96 valence electrons. The molecule has 1 aromatic carbocycles. The molecule has 1 heterocycles. The van der Waals surface area contributed by atoms with Gasteiger partial charge in [0.2, 0.25) is 0 Å². The maximum absolute atomic E-state index is 11.5. The highest BCUT2D eigenvalue weighted by molar-refractivity contribution is 7.22. The van der Waals surface area contributed by atoms with E-state index >= 15 is 0 Å². The first kappa shape index (κ1) is 12.8. The van der Waals surface area contributed by atoms with Crippen molar-refractivity contribution in [2.24, 2.45) is 0 Å². The molecule has 18 heavy (non-hydrogen) atoms. The van der Waals surface area contributed by atoms with Crippen molar-refractivity contribution in [3.8, 4) is 0 Å². The summed E-state index contributed by atoms with van der Waals surface area (Å²) >= 11 is 1.58. The summed E-state index contributed by atoms with van der Waals surface area (Å²) in [5, 5.41) is 3.91. The van der Waals surface area contributed by atoms with Crippen LogP contribution >= 0.6 is 11.3 Å². The van der Waals surface area contributed by atoms with Crippen molar-refractivity contribution in [1.29, 1.82) is 0 Å². The minimum atomic E-state index is -0.172. The molecule has 0 aliphatic rings. The SMILES string of the molecule is CCCOC(=O)Cc1ccc2nc(NC)sc2c1. The van der Waals surface area contributed by atoms with Gasteiger partial charge in [-0.2, -0.15) is 0 Å². The van der Waals surface area contributed by atoms with E-state index in [-0.39, 0.29) is 5.97 Å². The Morgan fingerprint density at radius 3 is 3.06 bits per heavy atom. The fourth-order valence-corrected chi connectivity index (χ4v) is 2.50. The highest BCUT2D eigenvalue weighted by Crippen LogP contribution is 2.26. The van der Waals surface area contributed by atoms with E-state index < -0.39 is 0 Å². The molecule has 4 nitrogen and oxygen atoms in total. The average Bonchev–Trinajstić information content (AvgIpc) is 2.78. The monoisotopic (exact) mass is 264 g/mol. The number of hydrogen-bond acceptors (Lipinski definition) is 5. The molecule has 0 aliphatic carbocycles. The van der Waals surface area contributed by atoms with Crippen LogP contribution in [0.1, 0.15) is 18.9 Å². The second-order valence-corrected chi connectivity index (χ2v) is 5.00. The zero-order valence-electron chi connectivity index (χ0n) is 10.5. The Morgan fingerprint density at radius 2 is 2.33 bits per heavy atom. The summed E-state index contributed by atoms with van der Waals surface area (Å²) in [4.78, 5) is 15.9. The number of ether oxygens (including phenoxy) is 1. The first-order chi connectivity index (χ1) is 8.72. The van der Waals surface area contributed by atoms with E-state index in [9.17, 15) is 4.79 Å². The zero-order chi connectivity index (χ0) is 13.0. The van der Waals surface area contributed by atoms with Gasteiger partial charge in [-0.15, -0.1) is 0 Å². The number of anilines is 1. The molecule has 2 aromatic rings. The molecule has 0 spiro atoms. The van der Waals surface area contributed by atoms with Crippen molar-refractivity contribution in [1.82, 2.24) is 4.98 Å². The van der Waals surface area contributed by atoms with Crippen LogP contribution in [0.15, 0.2) is 18.2 Å². The zero-order valence-corrected chi connectivity index (χ0v) is 11.3. The van der Waals surface area contributed by atoms with Crippen LogP contribution in [-0.4, -0.2) is 24.6 Å². The van der Waals surface area contributed by atoms with Crippen molar-refractivity contribution in [2.45, 2.75) is 19.8 Å². The van der Waals surface area contributed by atoms with Crippen molar-refractivity contribution >= 4 is 32.7 Å². The van der Waals surface area contributed by atoms with Crippen LogP contribution in [0.25, 0.3) is 10.2 Å². The Balaban J connectivity index is 2.11. The van der Waals surface area contributed by atoms with Gasteiger partial charge in [-0.1, -0.05) is 24.3 Å². The summed E-state index contributed by atoms with van der Waals surface area (Å²) in [6, 6.07) is 5.87. The van der Waals surface area contributed by atoms with Crippen molar-refractivity contribution in [3.05, 3.63) is 23.8 Å². The summed E-state index contributed by atoms with van der Waals surface area (Å²) in [6.45, 7) is 2.47. The molecule has 1 N–H and O–H groups in total. The molecule has 0 unspecified atom stereocenters. The number of rotatable bonds is 5. The van der Waals surface area contributed by atoms with Gasteiger partial charge in [-0.05, 0) is 24.1 Å². The molecule has 1 aromatic heterocycles. The van der Waals surface area contributed by atoms with Gasteiger partial charge < -0.3 is 10.1 Å². The standard InChI is InChI=1S/C13H16N2O2S/c1-3-6-17-12(16)8-9-4-5-10-11(7-9)18-13(14-2)15-10/h4-5,7H,3,6,8H2,1-2H3,(H,14,15). The Labute approximate surface area is 110 Å². The molecule has 0 atom stereocenters. The molecule has 0 fully saturated rings. The highest BCUT2D eigenvalue weighted by Gasteiger charge is 2.07. The molecule has 0 bridgehead atoms. The summed E-state index contributed by atoms with van der Waals surface area (Å²) < 4.78 is 6.15. The van der Waals surface area contributed by atoms with Crippen LogP contribution in [0.2, 0.25) is 0 Å². The third-order valence-corrected chi connectivity index (χ3v) is 3.52. The van der Waals surface area contributed by atoms with Gasteiger partial charge in [0, 0.05) is 7.05 Å². The Bertz CT molecular complexity index is 551. The fourth-order valence-electron chi connectivity index (χ4n) is 1.62. The number of aromatic nitrogens is 1. The Morgan fingerprint density at radius 1 is 1.50 bits per heavy atom. The number of carbonyl (C=O) groups is 1. The van der Waals surface area contributed by atoms with Crippen LogP contribution in [0.4, 0.5) is 5.13 Å². The Kier molecular flexibility index (Phi) is 4.15. The molecule has 0 aliphatic heterocycles. The maximum Gasteiger partial charge on any atom is 0.310 e. The van der Waals surface area contributed by atoms with Crippen molar-refractivity contribution < 1.29 is 9.53 Å². The number of nitrogens with one attached hydrogen (secondary N) is 1. The van der Waals surface area contributed by atoms with Gasteiger partial charge in [0.15, 0.2) is 5.13 Å². The number of esters is 1. The van der Waals surface area contributed by atoms with E-state index in [0.29, 0.717) is 13.0 Å². The molecule has 0 saturated heterocycles. The van der Waals surface area contributed by atoms with Crippen LogP contribution < -0.4 is 5.32 Å². The topological polar surface area (TPSA) is 51.2 Å². The maximum atomic E-state index is 11.5. The van der Waals surface area contributed by atoms with E-state index in [4.69, 9.17) is 4.74 Å². The van der Waals surface area contributed by atoms with Crippen LogP contribution in [0, 0.1) is 0 Å². The van der Waals surface area contributed by atoms with Crippen molar-refractivity contribution in [3.63, 3.8) is 0 Å². The number of carbonyl (C=O) groups excluding carboxylic acids is 1. The lowest BCUT2D eigenvalue weighted by Gasteiger charge is -2.02. The summed E-state index contributed by atoms with van der Waals surface area (Å²) in [5.41, 5.74) is 1.92. The van der Waals surface area contributed by atoms with Gasteiger partial charge in [0.25, 0.3) is 0 Å². The lowest BCUT2D eigenvalue weighted by molar-refractivity contribution is -0.142. The van der Waals surface area contributed by atoms with Crippen molar-refractivity contribution in [2.75, 3.05) is 19.0 Å². The minimum Gasteiger partial charge on any atom is -0.465 e. The first-order valence-electron chi connectivity index (χ1n) is 5.95. The second kappa shape index (κ2) is 5.82. The van der Waals surface area contributed by atoms with Gasteiger partial charge in [-0.3, -0.25) is 4.79 Å². The number of fused-ring (bicyclic) bond motifs is 1. The Hall–Kier alpha value is -1.62. The van der Waals surface area contributed by atoms with E-state index in [0.717, 1.165) is 27.3 Å². The molecule has 0 radical (unpaired) electrons. The quantitative estimate of drug-likeness (QED) is 0.844. The average molecular weight is 264 g/mol. The third-order valence-electron chi connectivity index (χ3n) is 2.48. The van der Waals surface area contributed by atoms with Gasteiger partial charge >= 0.3 is 5.97 Å². The molecular weight excluding hydrogens is 248 g/mol. The molecule has 0 amide bonds. The van der Waals surface area contributed by atoms with E-state index in [1.807, 2.05) is 32.2 Å². The highest BCUT2D eigenvalue weighted by atomic mass is 32.1. The van der Waals surface area contributed by atoms with Crippen LogP contribution in [-0.2, 0) is 16.0 Å². The van der Waals surface area contributed by atoms with Crippen LogP contribution in [0.3, 0.4) is 0 Å². The summed E-state index contributed by atoms with van der Waals surface area (Å²) in [5.74, 6) is -0.172. The third kappa shape index (κ3) is 2.98. The molecule has 0 saturated carbocycles. The van der Waals surface area contributed by atoms with Gasteiger partial charge in [0.1, 0.15) is 0 Å². The lowest BCUT2D eigenvalue weighted by Crippen LogP contribution is -2.08. The van der Waals surface area contributed by atoms with E-state index in [2.05, 4.69) is 10.3 Å². The number of thiazole rings is 1. The van der Waals surface area contributed by atoms with E-state index in [1.54, 1.807) is 11.3 Å². The molecular formula is C13H16N2O2S. The number of benzene rings is 1. The van der Waals surface area contributed by atoms with Gasteiger partial charge in [0.05, 0.1) is 23.2 Å². The molecule has 5 heteroatoms. The predicted octanol–water partition coefficient (Wildman–Crippen LogP) is 2.83. The predicted molar refractivity (Wildman–Crippen MR) is 74.1 cm³/mol. The largest absolute Gasteiger partial charge is 0.465 e. The summed E-state index contributed by atoms with van der Waals surface area (Å²) in [7, 11) is 1.85. The normalized spacial score (nSPS) is 10.6. The second-order valence-electron chi connectivity index (χ2n) is 3.97. The smallest absolute Gasteiger partial charge is 0.310 e. The van der Waals surface area contributed by atoms with E-state index in [1.165, 1.54) is 0 Å². The van der Waals surface area contributed by atoms with Gasteiger partial charge in [-0.25, -0.2) is 4.98 Å². The number of hydrogen-bond donors (Lipinski definition) is 1. The molecule has 2 rings (SSSR count). The fraction of sp³-hybridized carbons (Fsp3) is 0.385.